The Morgan fingerprint density at radius 2 is 1.89 bits per heavy atom. The van der Waals surface area contributed by atoms with Crippen LogP contribution in [-0.4, -0.2) is 15.0 Å². The van der Waals surface area contributed by atoms with Crippen molar-refractivity contribution in [2.24, 2.45) is 0 Å². The van der Waals surface area contributed by atoms with Gasteiger partial charge in [-0.3, -0.25) is 0 Å². The second-order valence-corrected chi connectivity index (χ2v) is 4.98. The average Bonchev–Trinajstić information content (AvgIpc) is 2.81. The van der Waals surface area contributed by atoms with Crippen LogP contribution in [-0.2, 0) is 0 Å². The molecule has 0 fully saturated rings. The molecule has 0 saturated carbocycles. The molecule has 0 radical (unpaired) electrons. The first-order valence-corrected chi connectivity index (χ1v) is 6.40. The number of fused-ring (bicyclic) bond motifs is 1. The average molecular weight is 324 g/mol. The number of nitrogen functional groups attached to an aromatic ring is 1. The van der Waals surface area contributed by atoms with Gasteiger partial charge in [0.05, 0.1) is 20.9 Å². The van der Waals surface area contributed by atoms with Crippen molar-refractivity contribution in [3.8, 4) is 5.69 Å². The van der Waals surface area contributed by atoms with Gasteiger partial charge >= 0.3 is 0 Å². The Hall–Kier alpha value is -1.59. The maximum Gasteiger partial charge on any atom is 0.130 e. The number of rotatable bonds is 1. The van der Waals surface area contributed by atoms with Gasteiger partial charge in [-0.2, -0.15) is 4.80 Å². The number of aromatic nitrogens is 3. The minimum Gasteiger partial charge on any atom is -0.397 e. The van der Waals surface area contributed by atoms with Gasteiger partial charge in [0, 0.05) is 0 Å². The van der Waals surface area contributed by atoms with Gasteiger partial charge in [-0.05, 0) is 34.1 Å². The van der Waals surface area contributed by atoms with Crippen molar-refractivity contribution < 1.29 is 0 Å². The van der Waals surface area contributed by atoms with Crippen LogP contribution in [0.2, 0.25) is 5.02 Å². The lowest BCUT2D eigenvalue weighted by atomic mass is 10.3. The van der Waals surface area contributed by atoms with Gasteiger partial charge in [-0.15, -0.1) is 10.2 Å². The molecule has 3 aromatic rings. The van der Waals surface area contributed by atoms with E-state index >= 15 is 0 Å². The molecule has 18 heavy (non-hydrogen) atoms. The number of nitrogens with zero attached hydrogens (tertiary/aromatic N) is 3. The molecule has 0 atom stereocenters. The highest BCUT2D eigenvalue weighted by Crippen LogP contribution is 2.33. The molecular formula is C12H8BrClN4. The Morgan fingerprint density at radius 1 is 1.17 bits per heavy atom. The molecule has 0 aliphatic heterocycles. The minimum atomic E-state index is 0.467. The van der Waals surface area contributed by atoms with Crippen LogP contribution < -0.4 is 5.73 Å². The van der Waals surface area contributed by atoms with Gasteiger partial charge in [0.2, 0.25) is 0 Å². The van der Waals surface area contributed by atoms with Crippen molar-refractivity contribution in [2.45, 2.75) is 0 Å². The summed E-state index contributed by atoms with van der Waals surface area (Å²) in [5.41, 5.74) is 8.59. The topological polar surface area (TPSA) is 56.7 Å². The van der Waals surface area contributed by atoms with Gasteiger partial charge in [-0.25, -0.2) is 0 Å². The van der Waals surface area contributed by atoms with Crippen molar-refractivity contribution in [1.29, 1.82) is 0 Å². The molecule has 0 aliphatic carbocycles. The summed E-state index contributed by atoms with van der Waals surface area (Å²) in [5.74, 6) is 0. The molecule has 3 rings (SSSR count). The first kappa shape index (κ1) is 11.5. The van der Waals surface area contributed by atoms with E-state index in [-0.39, 0.29) is 0 Å². The van der Waals surface area contributed by atoms with Crippen LogP contribution in [0, 0.1) is 0 Å². The highest BCUT2D eigenvalue weighted by Gasteiger charge is 2.13. The zero-order chi connectivity index (χ0) is 12.7. The Bertz CT molecular complexity index is 724. The van der Waals surface area contributed by atoms with Crippen molar-refractivity contribution >= 4 is 44.3 Å². The highest BCUT2D eigenvalue weighted by atomic mass is 79.9. The summed E-state index contributed by atoms with van der Waals surface area (Å²) in [4.78, 5) is 1.56. The fourth-order valence-electron chi connectivity index (χ4n) is 1.68. The van der Waals surface area contributed by atoms with E-state index in [9.17, 15) is 0 Å². The number of para-hydroxylation sites is 1. The van der Waals surface area contributed by atoms with Gasteiger partial charge in [0.15, 0.2) is 0 Å². The summed E-state index contributed by atoms with van der Waals surface area (Å²) in [6, 6.07) is 11.4. The fourth-order valence-corrected chi connectivity index (χ4v) is 2.49. The first-order valence-electron chi connectivity index (χ1n) is 5.23. The monoisotopic (exact) mass is 322 g/mol. The summed E-state index contributed by atoms with van der Waals surface area (Å²) < 4.78 is 0.673. The van der Waals surface area contributed by atoms with E-state index in [1.807, 2.05) is 30.3 Å². The summed E-state index contributed by atoms with van der Waals surface area (Å²) in [7, 11) is 0. The number of nitrogens with two attached hydrogens (primary N) is 1. The molecule has 0 spiro atoms. The fraction of sp³-hybridized carbons (Fsp3) is 0. The van der Waals surface area contributed by atoms with Crippen molar-refractivity contribution in [3.63, 3.8) is 0 Å². The zero-order valence-corrected chi connectivity index (χ0v) is 11.5. The van der Waals surface area contributed by atoms with Gasteiger partial charge in [0.1, 0.15) is 11.0 Å². The zero-order valence-electron chi connectivity index (χ0n) is 9.14. The van der Waals surface area contributed by atoms with Gasteiger partial charge in [0.25, 0.3) is 0 Å². The highest BCUT2D eigenvalue weighted by molar-refractivity contribution is 9.10. The summed E-state index contributed by atoms with van der Waals surface area (Å²) >= 11 is 9.41. The maximum atomic E-state index is 6.02. The van der Waals surface area contributed by atoms with E-state index in [1.54, 1.807) is 10.9 Å². The lowest BCUT2D eigenvalue weighted by Crippen LogP contribution is -1.97. The van der Waals surface area contributed by atoms with Gasteiger partial charge < -0.3 is 5.73 Å². The summed E-state index contributed by atoms with van der Waals surface area (Å²) in [6.07, 6.45) is 0. The van der Waals surface area contributed by atoms with Crippen LogP contribution in [0.5, 0.6) is 0 Å². The van der Waals surface area contributed by atoms with E-state index in [0.717, 1.165) is 5.69 Å². The lowest BCUT2D eigenvalue weighted by molar-refractivity contribution is 0.765. The molecule has 2 aromatic carbocycles. The Balaban J connectivity index is 2.27. The number of anilines is 1. The Kier molecular flexibility index (Phi) is 2.72. The molecule has 0 bridgehead atoms. The molecule has 0 unspecified atom stereocenters. The van der Waals surface area contributed by atoms with E-state index in [0.29, 0.717) is 26.2 Å². The minimum absolute atomic E-state index is 0.467. The number of benzene rings is 2. The first-order chi connectivity index (χ1) is 8.66. The SMILES string of the molecule is Nc1c(Cl)cc2nn(-c3ccccc3)nc2c1Br. The molecular weight excluding hydrogens is 316 g/mol. The second-order valence-electron chi connectivity index (χ2n) is 3.78. The summed E-state index contributed by atoms with van der Waals surface area (Å²) in [5, 5.41) is 9.25. The third-order valence-electron chi connectivity index (χ3n) is 2.59. The molecule has 2 N–H and O–H groups in total. The number of hydrogen-bond acceptors (Lipinski definition) is 3. The number of hydrogen-bond donors (Lipinski definition) is 1. The molecule has 1 aromatic heterocycles. The van der Waals surface area contributed by atoms with E-state index in [2.05, 4.69) is 26.1 Å². The van der Waals surface area contributed by atoms with E-state index in [4.69, 9.17) is 17.3 Å². The van der Waals surface area contributed by atoms with Crippen LogP contribution in [0.4, 0.5) is 5.69 Å². The van der Waals surface area contributed by atoms with Crippen molar-refractivity contribution in [2.75, 3.05) is 5.73 Å². The molecule has 90 valence electrons. The Morgan fingerprint density at radius 3 is 2.61 bits per heavy atom. The van der Waals surface area contributed by atoms with Crippen LogP contribution >= 0.6 is 27.5 Å². The smallest absolute Gasteiger partial charge is 0.130 e. The van der Waals surface area contributed by atoms with Crippen LogP contribution in [0.3, 0.4) is 0 Å². The molecule has 0 aliphatic rings. The summed E-state index contributed by atoms with van der Waals surface area (Å²) in [6.45, 7) is 0. The lowest BCUT2D eigenvalue weighted by Gasteiger charge is -1.99. The Labute approximate surface area is 116 Å². The molecule has 0 amide bonds. The maximum absolute atomic E-state index is 6.02. The molecule has 0 saturated heterocycles. The molecule has 6 heteroatoms. The quantitative estimate of drug-likeness (QED) is 0.698. The van der Waals surface area contributed by atoms with Crippen molar-refractivity contribution in [1.82, 2.24) is 15.0 Å². The third kappa shape index (κ3) is 1.76. The van der Waals surface area contributed by atoms with Crippen LogP contribution in [0.1, 0.15) is 0 Å². The van der Waals surface area contributed by atoms with E-state index in [1.165, 1.54) is 0 Å². The van der Waals surface area contributed by atoms with Crippen molar-refractivity contribution in [3.05, 3.63) is 45.9 Å². The second kappa shape index (κ2) is 4.26. The largest absolute Gasteiger partial charge is 0.397 e. The predicted octanol–water partition coefficient (Wildman–Crippen LogP) is 3.42. The molecule has 4 nitrogen and oxygen atoms in total. The number of halogens is 2. The predicted molar refractivity (Wildman–Crippen MR) is 76.0 cm³/mol. The van der Waals surface area contributed by atoms with Crippen LogP contribution in [0.15, 0.2) is 40.9 Å². The molecule has 1 heterocycles. The normalized spacial score (nSPS) is 11.0. The standard InChI is InChI=1S/C12H8BrClN4/c13-10-11(15)8(14)6-9-12(10)17-18(16-9)7-4-2-1-3-5-7/h1-6H,15H2. The third-order valence-corrected chi connectivity index (χ3v) is 3.71. The van der Waals surface area contributed by atoms with Gasteiger partial charge in [-0.1, -0.05) is 29.8 Å². The van der Waals surface area contributed by atoms with Crippen LogP contribution in [0.25, 0.3) is 16.7 Å². The van der Waals surface area contributed by atoms with E-state index < -0.39 is 0 Å².